The number of hydrogen-bond acceptors (Lipinski definition) is 4. The van der Waals surface area contributed by atoms with E-state index in [2.05, 4.69) is 5.32 Å². The van der Waals surface area contributed by atoms with Crippen LogP contribution in [0, 0.1) is 6.92 Å². The van der Waals surface area contributed by atoms with Crippen LogP contribution in [0.4, 0.5) is 11.4 Å². The molecule has 7 heteroatoms. The highest BCUT2D eigenvalue weighted by atomic mass is 35.5. The van der Waals surface area contributed by atoms with Crippen LogP contribution >= 0.6 is 23.4 Å². The van der Waals surface area contributed by atoms with E-state index in [0.717, 1.165) is 5.56 Å². The van der Waals surface area contributed by atoms with Crippen LogP contribution < -0.4 is 10.2 Å². The van der Waals surface area contributed by atoms with Gasteiger partial charge in [0.15, 0.2) is 0 Å². The number of amides is 3. The van der Waals surface area contributed by atoms with E-state index in [-0.39, 0.29) is 29.9 Å². The quantitative estimate of drug-likeness (QED) is 0.794. The minimum atomic E-state index is -0.548. The fourth-order valence-corrected chi connectivity index (χ4v) is 3.84. The SMILES string of the molecule is Cc1cccc(N2C(=O)CC(SCC(=O)Nc3cccc(Cl)c3)C2=O)c1. The smallest absolute Gasteiger partial charge is 0.247 e. The predicted octanol–water partition coefficient (Wildman–Crippen LogP) is 3.65. The molecule has 2 aromatic rings. The summed E-state index contributed by atoms with van der Waals surface area (Å²) >= 11 is 7.06. The van der Waals surface area contributed by atoms with Gasteiger partial charge >= 0.3 is 0 Å². The molecule has 1 N–H and O–H groups in total. The normalized spacial score (nSPS) is 16.8. The number of carbonyl (C=O) groups is 3. The molecule has 5 nitrogen and oxygen atoms in total. The van der Waals surface area contributed by atoms with Crippen molar-refractivity contribution in [3.8, 4) is 0 Å². The Balaban J connectivity index is 1.60. The maximum absolute atomic E-state index is 12.6. The van der Waals surface area contributed by atoms with Crippen molar-refractivity contribution in [1.82, 2.24) is 0 Å². The lowest BCUT2D eigenvalue weighted by atomic mass is 10.2. The largest absolute Gasteiger partial charge is 0.325 e. The van der Waals surface area contributed by atoms with Gasteiger partial charge < -0.3 is 5.32 Å². The number of nitrogens with zero attached hydrogens (tertiary/aromatic N) is 1. The van der Waals surface area contributed by atoms with Crippen LogP contribution in [-0.2, 0) is 14.4 Å². The van der Waals surface area contributed by atoms with Crippen molar-refractivity contribution in [3.63, 3.8) is 0 Å². The minimum Gasteiger partial charge on any atom is -0.325 e. The molecule has 1 aliphatic heterocycles. The molecule has 0 bridgehead atoms. The Kier molecular flexibility index (Phi) is 5.64. The van der Waals surface area contributed by atoms with Crippen molar-refractivity contribution in [2.45, 2.75) is 18.6 Å². The molecule has 1 heterocycles. The molecule has 0 aromatic heterocycles. The summed E-state index contributed by atoms with van der Waals surface area (Å²) in [4.78, 5) is 38.1. The molecule has 1 saturated heterocycles. The van der Waals surface area contributed by atoms with Gasteiger partial charge in [0.2, 0.25) is 17.7 Å². The number of rotatable bonds is 5. The second-order valence-electron chi connectivity index (χ2n) is 5.97. The summed E-state index contributed by atoms with van der Waals surface area (Å²) < 4.78 is 0. The summed E-state index contributed by atoms with van der Waals surface area (Å²) in [6, 6.07) is 14.1. The molecule has 3 amide bonds. The molecule has 0 radical (unpaired) electrons. The molecule has 0 saturated carbocycles. The van der Waals surface area contributed by atoms with Crippen LogP contribution in [0.1, 0.15) is 12.0 Å². The van der Waals surface area contributed by atoms with Gasteiger partial charge in [0.05, 0.1) is 16.7 Å². The number of hydrogen-bond donors (Lipinski definition) is 1. The van der Waals surface area contributed by atoms with Gasteiger partial charge in [-0.05, 0) is 42.8 Å². The van der Waals surface area contributed by atoms with Crippen molar-refractivity contribution in [2.75, 3.05) is 16.0 Å². The first-order chi connectivity index (χ1) is 12.4. The third-order valence-corrected chi connectivity index (χ3v) is 5.32. The maximum Gasteiger partial charge on any atom is 0.247 e. The number of aryl methyl sites for hydroxylation is 1. The van der Waals surface area contributed by atoms with Gasteiger partial charge in [0.1, 0.15) is 0 Å². The first-order valence-electron chi connectivity index (χ1n) is 8.04. The van der Waals surface area contributed by atoms with E-state index in [1.807, 2.05) is 19.1 Å². The molecular weight excluding hydrogens is 372 g/mol. The van der Waals surface area contributed by atoms with E-state index in [0.29, 0.717) is 16.4 Å². The first kappa shape index (κ1) is 18.5. The van der Waals surface area contributed by atoms with Gasteiger partial charge in [0, 0.05) is 17.1 Å². The summed E-state index contributed by atoms with van der Waals surface area (Å²) in [6.07, 6.45) is 0.0991. The number of anilines is 2. The standard InChI is InChI=1S/C19H17ClN2O3S/c1-12-4-2-7-15(8-12)22-18(24)10-16(19(22)25)26-11-17(23)21-14-6-3-5-13(20)9-14/h2-9,16H,10-11H2,1H3,(H,21,23). The van der Waals surface area contributed by atoms with Crippen LogP contribution in [0.2, 0.25) is 5.02 Å². The first-order valence-corrected chi connectivity index (χ1v) is 9.47. The second kappa shape index (κ2) is 7.93. The number of nitrogens with one attached hydrogen (secondary N) is 1. The Hall–Kier alpha value is -2.31. The Morgan fingerprint density at radius 2 is 2.00 bits per heavy atom. The van der Waals surface area contributed by atoms with Crippen molar-refractivity contribution >= 4 is 52.5 Å². The fourth-order valence-electron chi connectivity index (χ4n) is 2.71. The molecule has 0 aliphatic carbocycles. The lowest BCUT2D eigenvalue weighted by molar-refractivity contribution is -0.121. The third kappa shape index (κ3) is 4.26. The molecule has 26 heavy (non-hydrogen) atoms. The van der Waals surface area contributed by atoms with E-state index < -0.39 is 5.25 Å². The van der Waals surface area contributed by atoms with E-state index in [9.17, 15) is 14.4 Å². The van der Waals surface area contributed by atoms with Crippen LogP contribution in [0.3, 0.4) is 0 Å². The fraction of sp³-hybridized carbons (Fsp3) is 0.211. The molecule has 1 fully saturated rings. The average molecular weight is 389 g/mol. The molecule has 2 aromatic carbocycles. The molecule has 1 unspecified atom stereocenters. The van der Waals surface area contributed by atoms with Crippen LogP contribution in [0.15, 0.2) is 48.5 Å². The predicted molar refractivity (Wildman–Crippen MR) is 105 cm³/mol. The van der Waals surface area contributed by atoms with Crippen LogP contribution in [0.25, 0.3) is 0 Å². The Bertz CT molecular complexity index is 871. The van der Waals surface area contributed by atoms with Crippen molar-refractivity contribution in [3.05, 3.63) is 59.1 Å². The Labute approximate surface area is 160 Å². The number of imide groups is 1. The monoisotopic (exact) mass is 388 g/mol. The van der Waals surface area contributed by atoms with E-state index >= 15 is 0 Å². The molecular formula is C19H17ClN2O3S. The highest BCUT2D eigenvalue weighted by Crippen LogP contribution is 2.30. The highest BCUT2D eigenvalue weighted by Gasteiger charge is 2.40. The maximum atomic E-state index is 12.6. The zero-order valence-corrected chi connectivity index (χ0v) is 15.6. The molecule has 3 rings (SSSR count). The van der Waals surface area contributed by atoms with Gasteiger partial charge in [-0.1, -0.05) is 29.8 Å². The van der Waals surface area contributed by atoms with Crippen molar-refractivity contribution in [1.29, 1.82) is 0 Å². The van der Waals surface area contributed by atoms with Crippen molar-refractivity contribution < 1.29 is 14.4 Å². The zero-order valence-electron chi connectivity index (χ0n) is 14.1. The zero-order chi connectivity index (χ0) is 18.7. The van der Waals surface area contributed by atoms with E-state index in [1.165, 1.54) is 16.7 Å². The summed E-state index contributed by atoms with van der Waals surface area (Å²) in [7, 11) is 0. The van der Waals surface area contributed by atoms with Crippen molar-refractivity contribution in [2.24, 2.45) is 0 Å². The number of halogens is 1. The van der Waals surface area contributed by atoms with Crippen LogP contribution in [0.5, 0.6) is 0 Å². The molecule has 1 atom stereocenters. The topological polar surface area (TPSA) is 66.5 Å². The minimum absolute atomic E-state index is 0.0812. The van der Waals surface area contributed by atoms with Gasteiger partial charge in [-0.2, -0.15) is 0 Å². The van der Waals surface area contributed by atoms with Crippen LogP contribution in [-0.4, -0.2) is 28.7 Å². The van der Waals surface area contributed by atoms with Gasteiger partial charge in [0.25, 0.3) is 0 Å². The highest BCUT2D eigenvalue weighted by molar-refractivity contribution is 8.01. The summed E-state index contributed by atoms with van der Waals surface area (Å²) in [5, 5.41) is 2.71. The summed E-state index contributed by atoms with van der Waals surface area (Å²) in [6.45, 7) is 1.90. The summed E-state index contributed by atoms with van der Waals surface area (Å²) in [5.74, 6) is -0.682. The molecule has 0 spiro atoms. The second-order valence-corrected chi connectivity index (χ2v) is 7.60. The lowest BCUT2D eigenvalue weighted by Gasteiger charge is -2.15. The van der Waals surface area contributed by atoms with E-state index in [4.69, 9.17) is 11.6 Å². The number of thioether (sulfide) groups is 1. The molecule has 1 aliphatic rings. The molecule has 134 valence electrons. The lowest BCUT2D eigenvalue weighted by Crippen LogP contribution is -2.31. The number of benzene rings is 2. The van der Waals surface area contributed by atoms with Gasteiger partial charge in [-0.15, -0.1) is 11.8 Å². The van der Waals surface area contributed by atoms with E-state index in [1.54, 1.807) is 36.4 Å². The van der Waals surface area contributed by atoms with Gasteiger partial charge in [-0.25, -0.2) is 4.90 Å². The Morgan fingerprint density at radius 3 is 2.73 bits per heavy atom. The Morgan fingerprint density at radius 1 is 1.23 bits per heavy atom. The number of carbonyl (C=O) groups excluding carboxylic acids is 3. The summed E-state index contributed by atoms with van der Waals surface area (Å²) in [5.41, 5.74) is 2.14. The van der Waals surface area contributed by atoms with Gasteiger partial charge in [-0.3, -0.25) is 14.4 Å². The third-order valence-electron chi connectivity index (χ3n) is 3.89. The average Bonchev–Trinajstić information content (AvgIpc) is 2.87.